The Kier molecular flexibility index (Phi) is 4.00. The van der Waals surface area contributed by atoms with Crippen LogP contribution in [0, 0.1) is 6.07 Å². The Bertz CT molecular complexity index is 455. The molecule has 0 aromatic heterocycles. The molecule has 1 saturated heterocycles. The van der Waals surface area contributed by atoms with Crippen molar-refractivity contribution in [2.24, 2.45) is 0 Å². The van der Waals surface area contributed by atoms with E-state index in [4.69, 9.17) is 0 Å². The molecule has 0 amide bonds. The lowest BCUT2D eigenvalue weighted by Gasteiger charge is -2.43. The zero-order chi connectivity index (χ0) is 15.0. The number of hydrogen-bond donors (Lipinski definition) is 0. The molecular weight excluding hydrogens is 265 g/mol. The van der Waals surface area contributed by atoms with E-state index in [0.29, 0.717) is 5.69 Å². The van der Waals surface area contributed by atoms with Crippen molar-refractivity contribution in [3.63, 3.8) is 0 Å². The van der Waals surface area contributed by atoms with Crippen LogP contribution in [0.2, 0.25) is 0 Å². The summed E-state index contributed by atoms with van der Waals surface area (Å²) in [5, 5.41) is 0. The fourth-order valence-corrected chi connectivity index (χ4v) is 2.44. The Morgan fingerprint density at radius 3 is 2.10 bits per heavy atom. The average molecular weight is 285 g/mol. The Morgan fingerprint density at radius 2 is 1.60 bits per heavy atom. The van der Waals surface area contributed by atoms with Crippen molar-refractivity contribution in [3.8, 4) is 0 Å². The molecule has 2 rings (SSSR count). The first-order valence-corrected chi connectivity index (χ1v) is 6.76. The Balaban J connectivity index is 2.08. The van der Waals surface area contributed by atoms with Crippen molar-refractivity contribution in [1.29, 1.82) is 0 Å². The van der Waals surface area contributed by atoms with Gasteiger partial charge in [-0.1, -0.05) is 0 Å². The second-order valence-electron chi connectivity index (χ2n) is 6.12. The Hall–Kier alpha value is -1.23. The zero-order valence-corrected chi connectivity index (χ0v) is 12.1. The van der Waals surface area contributed by atoms with E-state index in [1.165, 1.54) is 6.07 Å². The predicted molar refractivity (Wildman–Crippen MR) is 73.8 cm³/mol. The number of halogens is 3. The third-order valence-electron chi connectivity index (χ3n) is 3.69. The molecule has 1 radical (unpaired) electrons. The van der Waals surface area contributed by atoms with Gasteiger partial charge in [0.2, 0.25) is 0 Å². The molecule has 1 heterocycles. The minimum atomic E-state index is -4.31. The highest BCUT2D eigenvalue weighted by Gasteiger charge is 2.31. The zero-order valence-electron chi connectivity index (χ0n) is 12.1. The number of hydrogen-bond acceptors (Lipinski definition) is 2. The highest BCUT2D eigenvalue weighted by atomic mass is 19.4. The summed E-state index contributed by atoms with van der Waals surface area (Å²) in [7, 11) is 0. The van der Waals surface area contributed by atoms with Crippen LogP contribution in [0.3, 0.4) is 0 Å². The maximum absolute atomic E-state index is 12.7. The van der Waals surface area contributed by atoms with Gasteiger partial charge >= 0.3 is 6.18 Å². The van der Waals surface area contributed by atoms with Gasteiger partial charge in [-0.25, -0.2) is 0 Å². The third-order valence-corrected chi connectivity index (χ3v) is 3.69. The van der Waals surface area contributed by atoms with Crippen molar-refractivity contribution in [2.45, 2.75) is 32.5 Å². The van der Waals surface area contributed by atoms with Crippen LogP contribution >= 0.6 is 0 Å². The number of rotatable bonds is 1. The molecule has 0 aliphatic carbocycles. The van der Waals surface area contributed by atoms with Crippen molar-refractivity contribution >= 4 is 5.69 Å². The summed E-state index contributed by atoms with van der Waals surface area (Å²) in [4.78, 5) is 4.34. The monoisotopic (exact) mass is 285 g/mol. The van der Waals surface area contributed by atoms with Gasteiger partial charge in [0.1, 0.15) is 0 Å². The van der Waals surface area contributed by atoms with Gasteiger partial charge in [0.25, 0.3) is 0 Å². The van der Waals surface area contributed by atoms with Gasteiger partial charge < -0.3 is 4.90 Å². The van der Waals surface area contributed by atoms with Gasteiger partial charge in [0, 0.05) is 37.4 Å². The van der Waals surface area contributed by atoms with Gasteiger partial charge in [-0.3, -0.25) is 4.90 Å². The smallest absolute Gasteiger partial charge is 0.369 e. The summed E-state index contributed by atoms with van der Waals surface area (Å²) in [5.74, 6) is 0. The summed E-state index contributed by atoms with van der Waals surface area (Å²) in [5.41, 5.74) is 0.0769. The summed E-state index contributed by atoms with van der Waals surface area (Å²) in [6.07, 6.45) is -4.31. The second-order valence-corrected chi connectivity index (χ2v) is 6.12. The van der Waals surface area contributed by atoms with Crippen LogP contribution < -0.4 is 4.90 Å². The number of benzene rings is 1. The molecule has 0 saturated carbocycles. The quantitative estimate of drug-likeness (QED) is 0.780. The van der Waals surface area contributed by atoms with Gasteiger partial charge in [-0.2, -0.15) is 13.2 Å². The number of anilines is 1. The van der Waals surface area contributed by atoms with Crippen LogP contribution in [0.4, 0.5) is 18.9 Å². The number of alkyl halides is 3. The minimum Gasteiger partial charge on any atom is -0.369 e. The molecule has 0 unspecified atom stereocenters. The molecule has 111 valence electrons. The summed E-state index contributed by atoms with van der Waals surface area (Å²) < 4.78 is 38.1. The normalized spacial score (nSPS) is 18.4. The first kappa shape index (κ1) is 15.2. The largest absolute Gasteiger partial charge is 0.416 e. The minimum absolute atomic E-state index is 0.103. The lowest BCUT2D eigenvalue weighted by atomic mass is 10.0. The van der Waals surface area contributed by atoms with Crippen molar-refractivity contribution in [3.05, 3.63) is 29.8 Å². The highest BCUT2D eigenvalue weighted by Crippen LogP contribution is 2.32. The molecular formula is C15H20F3N2. The van der Waals surface area contributed by atoms with Crippen LogP contribution in [0.25, 0.3) is 0 Å². The Morgan fingerprint density at radius 1 is 1.00 bits per heavy atom. The van der Waals surface area contributed by atoms with Crippen molar-refractivity contribution in [1.82, 2.24) is 4.90 Å². The molecule has 0 N–H and O–H groups in total. The molecule has 5 heteroatoms. The molecule has 1 aromatic carbocycles. The first-order chi connectivity index (χ1) is 9.18. The molecule has 1 aromatic rings. The fourth-order valence-electron chi connectivity index (χ4n) is 2.44. The van der Waals surface area contributed by atoms with Gasteiger partial charge in [-0.05, 0) is 45.0 Å². The highest BCUT2D eigenvalue weighted by molar-refractivity contribution is 5.49. The molecule has 1 aliphatic heterocycles. The van der Waals surface area contributed by atoms with Crippen LogP contribution in [0.5, 0.6) is 0 Å². The van der Waals surface area contributed by atoms with E-state index in [9.17, 15) is 13.2 Å². The SMILES string of the molecule is CC(C)(C)N1CCN(c2c[c]cc(C(F)(F)F)c2)CC1. The van der Waals surface area contributed by atoms with E-state index in [-0.39, 0.29) is 5.54 Å². The molecule has 1 aliphatic rings. The lowest BCUT2D eigenvalue weighted by molar-refractivity contribution is -0.137. The van der Waals surface area contributed by atoms with Crippen LogP contribution in [0.1, 0.15) is 26.3 Å². The molecule has 1 fully saturated rings. The van der Waals surface area contributed by atoms with Crippen molar-refractivity contribution in [2.75, 3.05) is 31.1 Å². The van der Waals surface area contributed by atoms with E-state index in [0.717, 1.165) is 32.2 Å². The predicted octanol–water partition coefficient (Wildman–Crippen LogP) is 3.43. The van der Waals surface area contributed by atoms with E-state index < -0.39 is 11.7 Å². The fraction of sp³-hybridized carbons (Fsp3) is 0.600. The lowest BCUT2D eigenvalue weighted by Crippen LogP contribution is -2.53. The van der Waals surface area contributed by atoms with Gasteiger partial charge in [0.05, 0.1) is 5.56 Å². The number of piperazine rings is 1. The van der Waals surface area contributed by atoms with E-state index >= 15 is 0 Å². The maximum atomic E-state index is 12.7. The maximum Gasteiger partial charge on any atom is 0.416 e. The van der Waals surface area contributed by atoms with Crippen LogP contribution in [-0.4, -0.2) is 36.6 Å². The summed E-state index contributed by atoms with van der Waals surface area (Å²) in [6, 6.07) is 6.43. The van der Waals surface area contributed by atoms with Crippen LogP contribution in [0.15, 0.2) is 18.2 Å². The Labute approximate surface area is 118 Å². The first-order valence-electron chi connectivity index (χ1n) is 6.76. The standard InChI is InChI=1S/C15H20F3N2/c1-14(2,3)20-9-7-19(8-10-20)13-6-4-5-12(11-13)15(16,17)18/h5-6,11H,7-10H2,1-3H3. The number of nitrogens with zero attached hydrogens (tertiary/aromatic N) is 2. The van der Waals surface area contributed by atoms with Gasteiger partial charge in [0.15, 0.2) is 0 Å². The molecule has 20 heavy (non-hydrogen) atoms. The van der Waals surface area contributed by atoms with Crippen molar-refractivity contribution < 1.29 is 13.2 Å². The second kappa shape index (κ2) is 5.28. The molecule has 0 atom stereocenters. The topological polar surface area (TPSA) is 6.48 Å². The molecule has 0 bridgehead atoms. The van der Waals surface area contributed by atoms with E-state index in [1.54, 1.807) is 6.07 Å². The average Bonchev–Trinajstić information content (AvgIpc) is 2.37. The van der Waals surface area contributed by atoms with E-state index in [2.05, 4.69) is 31.7 Å². The van der Waals surface area contributed by atoms with Crippen LogP contribution in [-0.2, 0) is 6.18 Å². The van der Waals surface area contributed by atoms with Gasteiger partial charge in [-0.15, -0.1) is 0 Å². The third kappa shape index (κ3) is 3.45. The summed E-state index contributed by atoms with van der Waals surface area (Å²) >= 11 is 0. The molecule has 0 spiro atoms. The summed E-state index contributed by atoms with van der Waals surface area (Å²) in [6.45, 7) is 9.67. The molecule has 2 nitrogen and oxygen atoms in total. The van der Waals surface area contributed by atoms with E-state index in [1.807, 2.05) is 4.90 Å².